The second-order valence-electron chi connectivity index (χ2n) is 3.96. The first kappa shape index (κ1) is 15.9. The van der Waals surface area contributed by atoms with Gasteiger partial charge in [-0.1, -0.05) is 27.5 Å². The first-order valence-electron chi connectivity index (χ1n) is 5.75. The van der Waals surface area contributed by atoms with Crippen LogP contribution >= 0.6 is 50.1 Å². The summed E-state index contributed by atoms with van der Waals surface area (Å²) in [6, 6.07) is 5.60. The van der Waals surface area contributed by atoms with Gasteiger partial charge in [-0.05, 0) is 40.8 Å². The summed E-state index contributed by atoms with van der Waals surface area (Å²) in [6.45, 7) is 0.425. The Morgan fingerprint density at radius 2 is 2.15 bits per heavy atom. The first-order valence-corrected chi connectivity index (χ1v) is 8.00. The number of halogens is 3. The lowest BCUT2D eigenvalue weighted by molar-refractivity contribution is 0.181. The Kier molecular flexibility index (Phi) is 5.59. The zero-order valence-corrected chi connectivity index (χ0v) is 15.4. The average molecular weight is 469 g/mol. The van der Waals surface area contributed by atoms with Gasteiger partial charge in [-0.25, -0.2) is 9.97 Å². The van der Waals surface area contributed by atoms with Gasteiger partial charge in [0.25, 0.3) is 0 Å². The number of anilines is 1. The van der Waals surface area contributed by atoms with Crippen LogP contribution in [0.3, 0.4) is 0 Å². The number of nitrogens with zero attached hydrogens (tertiary/aromatic N) is 2. The summed E-state index contributed by atoms with van der Waals surface area (Å²) in [5.74, 6) is 1.34. The van der Waals surface area contributed by atoms with Gasteiger partial charge in [-0.3, -0.25) is 0 Å². The van der Waals surface area contributed by atoms with E-state index in [1.54, 1.807) is 7.11 Å². The van der Waals surface area contributed by atoms with E-state index in [1.807, 2.05) is 25.2 Å². The molecule has 0 aliphatic heterocycles. The molecular formula is C13H12BrClIN3O. The summed E-state index contributed by atoms with van der Waals surface area (Å²) in [6.07, 6.45) is 0. The van der Waals surface area contributed by atoms with Crippen molar-refractivity contribution in [2.75, 3.05) is 19.5 Å². The van der Waals surface area contributed by atoms with Crippen LogP contribution in [0, 0.1) is 3.57 Å². The van der Waals surface area contributed by atoms with Crippen molar-refractivity contribution in [2.45, 2.75) is 6.61 Å². The Morgan fingerprint density at radius 1 is 1.40 bits per heavy atom. The van der Waals surface area contributed by atoms with Gasteiger partial charge in [-0.2, -0.15) is 0 Å². The van der Waals surface area contributed by atoms with Gasteiger partial charge in [0, 0.05) is 24.2 Å². The van der Waals surface area contributed by atoms with Crippen LogP contribution in [0.15, 0.2) is 22.7 Å². The molecule has 0 atom stereocenters. The van der Waals surface area contributed by atoms with E-state index in [0.29, 0.717) is 17.5 Å². The largest absolute Gasteiger partial charge is 0.378 e. The van der Waals surface area contributed by atoms with Crippen molar-refractivity contribution in [3.63, 3.8) is 0 Å². The maximum absolute atomic E-state index is 6.24. The standard InChI is InChI=1S/C13H12BrClIN3O/c1-17-13-11(16)10(6-20-2)18-12(19-13)8-5-7(14)3-4-9(8)15/h3-5H,6H2,1-2H3,(H,17,18,19). The van der Waals surface area contributed by atoms with Crippen molar-refractivity contribution >= 4 is 55.9 Å². The second-order valence-corrected chi connectivity index (χ2v) is 6.37. The van der Waals surface area contributed by atoms with Crippen LogP contribution in [0.2, 0.25) is 5.02 Å². The molecule has 1 aromatic carbocycles. The van der Waals surface area contributed by atoms with Crippen LogP contribution in [-0.2, 0) is 11.3 Å². The predicted octanol–water partition coefficient (Wildman–Crippen LogP) is 4.35. The molecule has 0 saturated heterocycles. The third kappa shape index (κ3) is 3.41. The van der Waals surface area contributed by atoms with Crippen LogP contribution in [0.5, 0.6) is 0 Å². The zero-order chi connectivity index (χ0) is 14.7. The summed E-state index contributed by atoms with van der Waals surface area (Å²) in [5.41, 5.74) is 1.62. The third-order valence-electron chi connectivity index (χ3n) is 2.61. The van der Waals surface area contributed by atoms with Gasteiger partial charge in [0.15, 0.2) is 5.82 Å². The van der Waals surface area contributed by atoms with E-state index in [1.165, 1.54) is 0 Å². The van der Waals surface area contributed by atoms with Crippen LogP contribution < -0.4 is 5.32 Å². The Balaban J connectivity index is 2.61. The van der Waals surface area contributed by atoms with Gasteiger partial charge in [0.1, 0.15) is 5.82 Å². The Morgan fingerprint density at radius 3 is 2.80 bits per heavy atom. The average Bonchev–Trinajstić information content (AvgIpc) is 2.44. The monoisotopic (exact) mass is 467 g/mol. The van der Waals surface area contributed by atoms with Crippen molar-refractivity contribution in [1.29, 1.82) is 0 Å². The van der Waals surface area contributed by atoms with E-state index in [-0.39, 0.29) is 0 Å². The maximum atomic E-state index is 6.24. The minimum atomic E-state index is 0.425. The molecule has 0 radical (unpaired) electrons. The van der Waals surface area contributed by atoms with E-state index < -0.39 is 0 Å². The van der Waals surface area contributed by atoms with Crippen molar-refractivity contribution in [2.24, 2.45) is 0 Å². The molecule has 0 unspecified atom stereocenters. The van der Waals surface area contributed by atoms with Gasteiger partial charge in [0.05, 0.1) is 20.9 Å². The number of hydrogen-bond donors (Lipinski definition) is 1. The Bertz CT molecular complexity index is 639. The highest BCUT2D eigenvalue weighted by Gasteiger charge is 2.14. The van der Waals surface area contributed by atoms with E-state index in [0.717, 1.165) is 25.1 Å². The topological polar surface area (TPSA) is 47.0 Å². The number of benzene rings is 1. The fourth-order valence-electron chi connectivity index (χ4n) is 1.68. The summed E-state index contributed by atoms with van der Waals surface area (Å²) in [5, 5.41) is 3.68. The van der Waals surface area contributed by atoms with E-state index >= 15 is 0 Å². The molecule has 0 spiro atoms. The molecule has 1 heterocycles. The summed E-state index contributed by atoms with van der Waals surface area (Å²) in [4.78, 5) is 9.07. The number of nitrogens with one attached hydrogen (secondary N) is 1. The molecule has 0 aliphatic carbocycles. The smallest absolute Gasteiger partial charge is 0.163 e. The minimum Gasteiger partial charge on any atom is -0.378 e. The van der Waals surface area contributed by atoms with E-state index in [4.69, 9.17) is 16.3 Å². The lowest BCUT2D eigenvalue weighted by Crippen LogP contribution is -2.06. The molecule has 1 aromatic heterocycles. The molecule has 1 N–H and O–H groups in total. The Hall–Kier alpha value is -0.440. The van der Waals surface area contributed by atoms with Crippen molar-refractivity contribution in [3.05, 3.63) is 37.0 Å². The second kappa shape index (κ2) is 7.02. The molecule has 0 saturated carbocycles. The lowest BCUT2D eigenvalue weighted by Gasteiger charge is -2.11. The van der Waals surface area contributed by atoms with Gasteiger partial charge < -0.3 is 10.1 Å². The number of rotatable bonds is 4. The van der Waals surface area contributed by atoms with Crippen molar-refractivity contribution in [3.8, 4) is 11.4 Å². The van der Waals surface area contributed by atoms with Crippen molar-refractivity contribution < 1.29 is 4.74 Å². The maximum Gasteiger partial charge on any atom is 0.163 e. The molecule has 20 heavy (non-hydrogen) atoms. The van der Waals surface area contributed by atoms with Gasteiger partial charge in [0.2, 0.25) is 0 Å². The quantitative estimate of drug-likeness (QED) is 0.678. The van der Waals surface area contributed by atoms with Crippen LogP contribution in [0.1, 0.15) is 5.69 Å². The number of ether oxygens (including phenoxy) is 1. The normalized spacial score (nSPS) is 10.7. The predicted molar refractivity (Wildman–Crippen MR) is 93.2 cm³/mol. The molecule has 7 heteroatoms. The van der Waals surface area contributed by atoms with Crippen LogP contribution in [-0.4, -0.2) is 24.1 Å². The summed E-state index contributed by atoms with van der Waals surface area (Å²) < 4.78 is 7.06. The number of aromatic nitrogens is 2. The molecule has 0 aliphatic rings. The minimum absolute atomic E-state index is 0.425. The Labute approximate surface area is 144 Å². The summed E-state index contributed by atoms with van der Waals surface area (Å²) >= 11 is 11.9. The van der Waals surface area contributed by atoms with Crippen molar-refractivity contribution in [1.82, 2.24) is 9.97 Å². The van der Waals surface area contributed by atoms with Gasteiger partial charge >= 0.3 is 0 Å². The molecule has 4 nitrogen and oxygen atoms in total. The molecule has 0 fully saturated rings. The van der Waals surface area contributed by atoms with Crippen LogP contribution in [0.25, 0.3) is 11.4 Å². The van der Waals surface area contributed by atoms with E-state index in [9.17, 15) is 0 Å². The van der Waals surface area contributed by atoms with Gasteiger partial charge in [-0.15, -0.1) is 0 Å². The fraction of sp³-hybridized carbons (Fsp3) is 0.231. The molecule has 0 bridgehead atoms. The fourth-order valence-corrected chi connectivity index (χ4v) is 2.91. The molecule has 0 amide bonds. The highest BCUT2D eigenvalue weighted by molar-refractivity contribution is 14.1. The highest BCUT2D eigenvalue weighted by atomic mass is 127. The summed E-state index contributed by atoms with van der Waals surface area (Å²) in [7, 11) is 3.47. The SMILES string of the molecule is CNc1nc(-c2cc(Br)ccc2Cl)nc(COC)c1I. The number of methoxy groups -OCH3 is 1. The first-order chi connectivity index (χ1) is 9.56. The lowest BCUT2D eigenvalue weighted by atomic mass is 10.2. The zero-order valence-electron chi connectivity index (χ0n) is 10.9. The molecule has 2 aromatic rings. The van der Waals surface area contributed by atoms with E-state index in [2.05, 4.69) is 53.8 Å². The van der Waals surface area contributed by atoms with Crippen LogP contribution in [0.4, 0.5) is 5.82 Å². The highest BCUT2D eigenvalue weighted by Crippen LogP contribution is 2.31. The third-order valence-corrected chi connectivity index (χ3v) is 4.56. The molecular weight excluding hydrogens is 456 g/mol. The molecule has 2 rings (SSSR count). The number of hydrogen-bond acceptors (Lipinski definition) is 4. The molecule has 106 valence electrons.